The molecule has 1 aliphatic heterocycles. The zero-order valence-corrected chi connectivity index (χ0v) is 12.2. The van der Waals surface area contributed by atoms with E-state index in [1.807, 2.05) is 30.3 Å². The summed E-state index contributed by atoms with van der Waals surface area (Å²) >= 11 is 0. The van der Waals surface area contributed by atoms with Crippen LogP contribution in [0.4, 0.5) is 0 Å². The molecule has 2 aliphatic rings. The molecule has 110 valence electrons. The van der Waals surface area contributed by atoms with Crippen LogP contribution in [0, 0.1) is 22.7 Å². The summed E-state index contributed by atoms with van der Waals surface area (Å²) in [5.41, 5.74) is 1.31. The van der Waals surface area contributed by atoms with Crippen molar-refractivity contribution in [1.82, 2.24) is 10.2 Å². The zero-order valence-electron chi connectivity index (χ0n) is 12.2. The molecule has 0 radical (unpaired) electrons. The van der Waals surface area contributed by atoms with Gasteiger partial charge in [-0.1, -0.05) is 30.3 Å². The van der Waals surface area contributed by atoms with Crippen LogP contribution in [-0.4, -0.2) is 30.4 Å². The largest absolute Gasteiger partial charge is 0.325 e. The molecule has 1 spiro atoms. The number of hydrogen-bond acceptors (Lipinski definition) is 3. The average molecular weight is 283 g/mol. The molecule has 1 aromatic carbocycles. The van der Waals surface area contributed by atoms with Crippen molar-refractivity contribution in [2.75, 3.05) is 19.6 Å². The molecule has 0 bridgehead atoms. The maximum atomic E-state index is 12.7. The lowest BCUT2D eigenvalue weighted by molar-refractivity contribution is -0.133. The van der Waals surface area contributed by atoms with E-state index < -0.39 is 0 Å². The van der Waals surface area contributed by atoms with Gasteiger partial charge in [0.05, 0.1) is 6.07 Å². The normalized spacial score (nSPS) is 22.5. The summed E-state index contributed by atoms with van der Waals surface area (Å²) < 4.78 is 0. The number of nitrogens with zero attached hydrogens (tertiary/aromatic N) is 2. The van der Waals surface area contributed by atoms with Crippen LogP contribution in [0.3, 0.4) is 0 Å². The van der Waals surface area contributed by atoms with Gasteiger partial charge in [-0.05, 0) is 43.3 Å². The van der Waals surface area contributed by atoms with E-state index in [0.717, 1.165) is 37.9 Å². The number of nitriles is 1. The Morgan fingerprint density at radius 1 is 1.33 bits per heavy atom. The lowest BCUT2D eigenvalue weighted by Gasteiger charge is -2.26. The van der Waals surface area contributed by atoms with Crippen LogP contribution in [0.25, 0.3) is 0 Å². The first-order valence-corrected chi connectivity index (χ1v) is 7.65. The fourth-order valence-corrected chi connectivity index (χ4v) is 3.50. The van der Waals surface area contributed by atoms with Crippen LogP contribution in [-0.2, 0) is 11.3 Å². The average Bonchev–Trinajstić information content (AvgIpc) is 3.21. The molecule has 4 nitrogen and oxygen atoms in total. The second kappa shape index (κ2) is 5.87. The van der Waals surface area contributed by atoms with Crippen LogP contribution in [0.1, 0.15) is 24.8 Å². The number of amides is 1. The first-order valence-electron chi connectivity index (χ1n) is 7.65. The topological polar surface area (TPSA) is 56.1 Å². The molecule has 1 N–H and O–H groups in total. The number of hydrogen-bond donors (Lipinski definition) is 1. The minimum Gasteiger partial charge on any atom is -0.325 e. The fraction of sp³-hybridized carbons (Fsp3) is 0.529. The van der Waals surface area contributed by atoms with Gasteiger partial charge in [0.1, 0.15) is 6.54 Å². The summed E-state index contributed by atoms with van der Waals surface area (Å²) in [4.78, 5) is 14.4. The van der Waals surface area contributed by atoms with Gasteiger partial charge in [0.15, 0.2) is 0 Å². The lowest BCUT2D eigenvalue weighted by Crippen LogP contribution is -2.36. The van der Waals surface area contributed by atoms with Gasteiger partial charge in [-0.2, -0.15) is 5.26 Å². The van der Waals surface area contributed by atoms with Gasteiger partial charge in [0.2, 0.25) is 5.91 Å². The molecule has 1 aromatic rings. The first kappa shape index (κ1) is 14.1. The summed E-state index contributed by atoms with van der Waals surface area (Å²) in [7, 11) is 0. The Morgan fingerprint density at radius 3 is 2.71 bits per heavy atom. The van der Waals surface area contributed by atoms with E-state index in [9.17, 15) is 4.79 Å². The van der Waals surface area contributed by atoms with Gasteiger partial charge >= 0.3 is 0 Å². The number of nitrogens with one attached hydrogen (secondary N) is 1. The van der Waals surface area contributed by atoms with Gasteiger partial charge in [-0.25, -0.2) is 0 Å². The summed E-state index contributed by atoms with van der Waals surface area (Å²) in [6.45, 7) is 2.75. The predicted molar refractivity (Wildman–Crippen MR) is 80.1 cm³/mol. The number of piperidine rings is 1. The highest BCUT2D eigenvalue weighted by Crippen LogP contribution is 2.59. The molecular weight excluding hydrogens is 262 g/mol. The van der Waals surface area contributed by atoms with Crippen LogP contribution < -0.4 is 5.32 Å². The van der Waals surface area contributed by atoms with Gasteiger partial charge in [0, 0.05) is 12.5 Å². The molecule has 1 heterocycles. The van der Waals surface area contributed by atoms with E-state index in [2.05, 4.69) is 11.4 Å². The minimum absolute atomic E-state index is 0.136. The highest BCUT2D eigenvalue weighted by molar-refractivity contribution is 5.83. The Morgan fingerprint density at radius 2 is 2.05 bits per heavy atom. The monoisotopic (exact) mass is 283 g/mol. The molecule has 4 heteroatoms. The summed E-state index contributed by atoms with van der Waals surface area (Å²) in [6.07, 6.45) is 3.19. The lowest BCUT2D eigenvalue weighted by atomic mass is 9.91. The summed E-state index contributed by atoms with van der Waals surface area (Å²) in [6, 6.07) is 12.0. The van der Waals surface area contributed by atoms with Gasteiger partial charge in [-0.15, -0.1) is 0 Å². The van der Waals surface area contributed by atoms with Crippen LogP contribution in [0.5, 0.6) is 0 Å². The van der Waals surface area contributed by atoms with Crippen molar-refractivity contribution in [1.29, 1.82) is 5.26 Å². The molecule has 3 rings (SSSR count). The van der Waals surface area contributed by atoms with E-state index >= 15 is 0 Å². The highest BCUT2D eigenvalue weighted by Gasteiger charge is 2.58. The third kappa shape index (κ3) is 2.93. The van der Waals surface area contributed by atoms with Gasteiger partial charge in [-0.3, -0.25) is 4.79 Å². The molecule has 1 saturated heterocycles. The molecule has 1 saturated carbocycles. The highest BCUT2D eigenvalue weighted by atomic mass is 16.2. The molecule has 0 aromatic heterocycles. The van der Waals surface area contributed by atoms with Crippen molar-refractivity contribution in [3.8, 4) is 6.07 Å². The third-order valence-electron chi connectivity index (χ3n) is 4.88. The van der Waals surface area contributed by atoms with Crippen LogP contribution in [0.15, 0.2) is 30.3 Å². The van der Waals surface area contributed by atoms with Crippen molar-refractivity contribution in [3.05, 3.63) is 35.9 Å². The Labute approximate surface area is 125 Å². The third-order valence-corrected chi connectivity index (χ3v) is 4.88. The van der Waals surface area contributed by atoms with Crippen molar-refractivity contribution < 1.29 is 4.79 Å². The van der Waals surface area contributed by atoms with E-state index in [0.29, 0.717) is 6.54 Å². The predicted octanol–water partition coefficient (Wildman–Crippen LogP) is 1.93. The van der Waals surface area contributed by atoms with E-state index in [4.69, 9.17) is 5.26 Å². The van der Waals surface area contributed by atoms with E-state index in [-0.39, 0.29) is 23.8 Å². The van der Waals surface area contributed by atoms with Crippen molar-refractivity contribution in [2.24, 2.45) is 11.3 Å². The molecular formula is C17H21N3O. The minimum atomic E-state index is 0.136. The number of carbonyl (C=O) groups is 1. The fourth-order valence-electron chi connectivity index (χ4n) is 3.50. The van der Waals surface area contributed by atoms with Gasteiger partial charge in [0.25, 0.3) is 0 Å². The Hall–Kier alpha value is -1.86. The SMILES string of the molecule is N#CCN(Cc1ccccc1)C(=O)C1CC12CCNCC2. The van der Waals surface area contributed by atoms with Crippen molar-refractivity contribution in [3.63, 3.8) is 0 Å². The molecule has 2 fully saturated rings. The first-order chi connectivity index (χ1) is 10.2. The second-order valence-electron chi connectivity index (χ2n) is 6.21. The maximum Gasteiger partial charge on any atom is 0.227 e. The summed E-state index contributed by atoms with van der Waals surface area (Å²) in [5, 5.41) is 12.4. The maximum absolute atomic E-state index is 12.7. The molecule has 1 unspecified atom stereocenters. The molecule has 21 heavy (non-hydrogen) atoms. The van der Waals surface area contributed by atoms with Gasteiger partial charge < -0.3 is 10.2 Å². The number of benzene rings is 1. The Bertz CT molecular complexity index is 543. The Kier molecular flexibility index (Phi) is 3.94. The van der Waals surface area contributed by atoms with E-state index in [1.165, 1.54) is 0 Å². The second-order valence-corrected chi connectivity index (χ2v) is 6.21. The van der Waals surface area contributed by atoms with E-state index in [1.54, 1.807) is 4.90 Å². The van der Waals surface area contributed by atoms with Crippen molar-refractivity contribution in [2.45, 2.75) is 25.8 Å². The smallest absolute Gasteiger partial charge is 0.227 e. The molecule has 1 aliphatic carbocycles. The number of rotatable bonds is 4. The van der Waals surface area contributed by atoms with Crippen molar-refractivity contribution >= 4 is 5.91 Å². The molecule has 1 amide bonds. The number of carbonyl (C=O) groups excluding carboxylic acids is 1. The zero-order chi connectivity index (χ0) is 14.7. The standard InChI is InChI=1S/C17H21N3O/c18-8-11-20(13-14-4-2-1-3-5-14)16(21)15-12-17(15)6-9-19-10-7-17/h1-5,15,19H,6-7,9-13H2. The van der Waals surface area contributed by atoms with Crippen LogP contribution in [0.2, 0.25) is 0 Å². The quantitative estimate of drug-likeness (QED) is 0.859. The molecule has 1 atom stereocenters. The summed E-state index contributed by atoms with van der Waals surface area (Å²) in [5.74, 6) is 0.305. The van der Waals surface area contributed by atoms with Crippen LogP contribution >= 0.6 is 0 Å². The Balaban J connectivity index is 1.67.